The van der Waals surface area contributed by atoms with Gasteiger partial charge in [-0.25, -0.2) is 0 Å². The largest absolute Gasteiger partial charge is 0.506 e. The third-order valence-electron chi connectivity index (χ3n) is 5.63. The molecule has 1 aromatic heterocycles. The molecular formula is C27H21N3O2. The van der Waals surface area contributed by atoms with Gasteiger partial charge in [0.25, 0.3) is 5.56 Å². The Bertz CT molecular complexity index is 1560. The Morgan fingerprint density at radius 2 is 1.56 bits per heavy atom. The minimum absolute atomic E-state index is 0.0766. The Kier molecular flexibility index (Phi) is 4.71. The quantitative estimate of drug-likeness (QED) is 0.296. The van der Waals surface area contributed by atoms with E-state index in [-0.39, 0.29) is 16.9 Å². The summed E-state index contributed by atoms with van der Waals surface area (Å²) in [7, 11) is 0. The van der Waals surface area contributed by atoms with Gasteiger partial charge in [-0.1, -0.05) is 54.6 Å². The summed E-state index contributed by atoms with van der Waals surface area (Å²) >= 11 is 0. The van der Waals surface area contributed by atoms with Crippen LogP contribution in [-0.2, 0) is 0 Å². The van der Waals surface area contributed by atoms with Crippen LogP contribution in [0, 0.1) is 0 Å². The van der Waals surface area contributed by atoms with Gasteiger partial charge in [0.2, 0.25) is 0 Å². The lowest BCUT2D eigenvalue weighted by Crippen LogP contribution is -2.25. The summed E-state index contributed by atoms with van der Waals surface area (Å²) in [4.78, 5) is 18.4. The standard InChI is InChI=1S/C27H21N3O2/c1-17(29-22-15-8-10-18-9-7-14-21(28)25(18)22)24-26(31)20-13-5-6-16-23(20)30(27(24)32)19-11-3-2-4-12-19/h2-16,31H,28H2,1H3. The molecular weight excluding hydrogens is 398 g/mol. The van der Waals surface area contributed by atoms with E-state index in [2.05, 4.69) is 0 Å². The third-order valence-corrected chi connectivity index (χ3v) is 5.63. The molecule has 0 bridgehead atoms. The lowest BCUT2D eigenvalue weighted by Gasteiger charge is -2.15. The van der Waals surface area contributed by atoms with Gasteiger partial charge in [-0.15, -0.1) is 0 Å². The normalized spacial score (nSPS) is 11.8. The maximum absolute atomic E-state index is 13.7. The maximum atomic E-state index is 13.7. The average Bonchev–Trinajstić information content (AvgIpc) is 2.80. The van der Waals surface area contributed by atoms with Crippen LogP contribution in [-0.4, -0.2) is 15.4 Å². The number of rotatable bonds is 3. The number of nitrogens with two attached hydrogens (primary N) is 1. The van der Waals surface area contributed by atoms with Gasteiger partial charge in [0.05, 0.1) is 16.9 Å². The zero-order valence-corrected chi connectivity index (χ0v) is 17.5. The van der Waals surface area contributed by atoms with Gasteiger partial charge >= 0.3 is 0 Å². The van der Waals surface area contributed by atoms with E-state index in [0.717, 1.165) is 16.5 Å². The van der Waals surface area contributed by atoms with Crippen molar-refractivity contribution in [3.63, 3.8) is 0 Å². The molecule has 0 aliphatic carbocycles. The van der Waals surface area contributed by atoms with Crippen LogP contribution in [0.4, 0.5) is 11.4 Å². The summed E-state index contributed by atoms with van der Waals surface area (Å²) in [5.41, 5.74) is 9.08. The van der Waals surface area contributed by atoms with Crippen molar-refractivity contribution in [1.29, 1.82) is 0 Å². The molecule has 0 radical (unpaired) electrons. The number of hydrogen-bond donors (Lipinski definition) is 2. The molecule has 0 saturated carbocycles. The second kappa shape index (κ2) is 7.71. The molecule has 0 unspecified atom stereocenters. The van der Waals surface area contributed by atoms with E-state index in [1.54, 1.807) is 17.6 Å². The van der Waals surface area contributed by atoms with E-state index in [1.807, 2.05) is 84.9 Å². The number of hydrogen-bond acceptors (Lipinski definition) is 4. The first-order valence-corrected chi connectivity index (χ1v) is 10.3. The zero-order chi connectivity index (χ0) is 22.2. The number of fused-ring (bicyclic) bond motifs is 2. The number of para-hydroxylation sites is 2. The molecule has 3 N–H and O–H groups in total. The van der Waals surface area contributed by atoms with Crippen molar-refractivity contribution in [2.24, 2.45) is 4.99 Å². The van der Waals surface area contributed by atoms with Crippen molar-refractivity contribution in [3.8, 4) is 11.4 Å². The van der Waals surface area contributed by atoms with Crippen molar-refractivity contribution in [2.75, 3.05) is 5.73 Å². The predicted octanol–water partition coefficient (Wildman–Crippen LogP) is 5.57. The van der Waals surface area contributed by atoms with Crippen LogP contribution in [0.1, 0.15) is 12.5 Å². The fourth-order valence-electron chi connectivity index (χ4n) is 4.16. The van der Waals surface area contributed by atoms with Crippen LogP contribution < -0.4 is 11.3 Å². The van der Waals surface area contributed by atoms with E-state index >= 15 is 0 Å². The van der Waals surface area contributed by atoms with Crippen molar-refractivity contribution in [3.05, 3.63) is 107 Å². The molecule has 0 aliphatic heterocycles. The molecule has 32 heavy (non-hydrogen) atoms. The minimum Gasteiger partial charge on any atom is -0.506 e. The van der Waals surface area contributed by atoms with Crippen LogP contribution in [0.5, 0.6) is 5.75 Å². The van der Waals surface area contributed by atoms with E-state index in [1.165, 1.54) is 0 Å². The van der Waals surface area contributed by atoms with Gasteiger partial charge in [0, 0.05) is 22.1 Å². The van der Waals surface area contributed by atoms with E-state index in [4.69, 9.17) is 10.7 Å². The van der Waals surface area contributed by atoms with Gasteiger partial charge in [-0.05, 0) is 48.7 Å². The highest BCUT2D eigenvalue weighted by atomic mass is 16.3. The first-order valence-electron chi connectivity index (χ1n) is 10.3. The first kappa shape index (κ1) is 19.6. The molecule has 5 heteroatoms. The molecule has 5 aromatic rings. The number of aromatic hydroxyl groups is 1. The number of aliphatic imine (C=N–C) groups is 1. The van der Waals surface area contributed by atoms with Crippen molar-refractivity contribution >= 4 is 38.8 Å². The number of aromatic nitrogens is 1. The maximum Gasteiger partial charge on any atom is 0.268 e. The fraction of sp³-hybridized carbons (Fsp3) is 0.0370. The van der Waals surface area contributed by atoms with Gasteiger partial charge in [0.15, 0.2) is 0 Å². The van der Waals surface area contributed by atoms with Gasteiger partial charge in [0.1, 0.15) is 11.3 Å². The lowest BCUT2D eigenvalue weighted by molar-refractivity contribution is 0.478. The van der Waals surface area contributed by atoms with Gasteiger partial charge < -0.3 is 10.8 Å². The monoisotopic (exact) mass is 419 g/mol. The van der Waals surface area contributed by atoms with Crippen molar-refractivity contribution in [2.45, 2.75) is 6.92 Å². The second-order valence-corrected chi connectivity index (χ2v) is 7.64. The summed E-state index contributed by atoms with van der Waals surface area (Å²) in [5, 5.41) is 13.5. The van der Waals surface area contributed by atoms with Crippen molar-refractivity contribution < 1.29 is 5.11 Å². The molecule has 0 fully saturated rings. The van der Waals surface area contributed by atoms with Crippen LogP contribution in [0.15, 0.2) is 101 Å². The molecule has 5 rings (SSSR count). The smallest absolute Gasteiger partial charge is 0.268 e. The number of pyridine rings is 1. The number of anilines is 1. The third kappa shape index (κ3) is 3.11. The van der Waals surface area contributed by atoms with E-state index in [9.17, 15) is 9.90 Å². The predicted molar refractivity (Wildman–Crippen MR) is 131 cm³/mol. The first-order chi connectivity index (χ1) is 15.6. The highest BCUT2D eigenvalue weighted by Crippen LogP contribution is 2.33. The summed E-state index contributed by atoms with van der Waals surface area (Å²) in [5.74, 6) is -0.0766. The SMILES string of the molecule is CC(=Nc1cccc2cccc(N)c12)c1c(O)c2ccccc2n(-c2ccccc2)c1=O. The summed E-state index contributed by atoms with van der Waals surface area (Å²) in [6.07, 6.45) is 0. The molecule has 1 heterocycles. The summed E-state index contributed by atoms with van der Waals surface area (Å²) < 4.78 is 1.61. The molecule has 0 saturated heterocycles. The Balaban J connectivity index is 1.82. The Morgan fingerprint density at radius 3 is 2.34 bits per heavy atom. The number of benzene rings is 4. The summed E-state index contributed by atoms with van der Waals surface area (Å²) in [6.45, 7) is 1.73. The molecule has 0 amide bonds. The second-order valence-electron chi connectivity index (χ2n) is 7.64. The Hall–Kier alpha value is -4.38. The van der Waals surface area contributed by atoms with Gasteiger partial charge in [-0.3, -0.25) is 14.4 Å². The molecule has 0 spiro atoms. The molecule has 0 aliphatic rings. The van der Waals surface area contributed by atoms with Crippen LogP contribution >= 0.6 is 0 Å². The number of nitrogens with zero attached hydrogens (tertiary/aromatic N) is 2. The topological polar surface area (TPSA) is 80.6 Å². The fourth-order valence-corrected chi connectivity index (χ4v) is 4.16. The molecule has 0 atom stereocenters. The number of nitrogen functional groups attached to an aromatic ring is 1. The lowest BCUT2D eigenvalue weighted by atomic mass is 10.0. The average molecular weight is 419 g/mol. The Labute approximate surface area is 184 Å². The van der Waals surface area contributed by atoms with Crippen molar-refractivity contribution in [1.82, 2.24) is 4.57 Å². The highest BCUT2D eigenvalue weighted by molar-refractivity contribution is 6.09. The van der Waals surface area contributed by atoms with Crippen LogP contribution in [0.25, 0.3) is 27.4 Å². The highest BCUT2D eigenvalue weighted by Gasteiger charge is 2.19. The zero-order valence-electron chi connectivity index (χ0n) is 17.5. The van der Waals surface area contributed by atoms with Crippen LogP contribution in [0.2, 0.25) is 0 Å². The molecule has 156 valence electrons. The summed E-state index contributed by atoms with van der Waals surface area (Å²) in [6, 6.07) is 28.1. The van der Waals surface area contributed by atoms with Crippen LogP contribution in [0.3, 0.4) is 0 Å². The van der Waals surface area contributed by atoms with Gasteiger partial charge in [-0.2, -0.15) is 0 Å². The van der Waals surface area contributed by atoms with E-state index < -0.39 is 0 Å². The Morgan fingerprint density at radius 1 is 0.875 bits per heavy atom. The van der Waals surface area contributed by atoms with E-state index in [0.29, 0.717) is 28.0 Å². The molecule has 5 nitrogen and oxygen atoms in total. The minimum atomic E-state index is -0.332. The molecule has 4 aromatic carbocycles.